The number of carbonyl (C=O) groups excluding carboxylic acids is 2. The van der Waals surface area contributed by atoms with E-state index in [2.05, 4.69) is 16.0 Å². The van der Waals surface area contributed by atoms with Gasteiger partial charge in [0.15, 0.2) is 5.11 Å². The third kappa shape index (κ3) is 7.28. The third-order valence-corrected chi connectivity index (χ3v) is 4.88. The van der Waals surface area contributed by atoms with Gasteiger partial charge in [0.25, 0.3) is 11.8 Å². The molecule has 35 heavy (non-hydrogen) atoms. The number of alkyl halides is 3. The van der Waals surface area contributed by atoms with Crippen molar-refractivity contribution >= 4 is 40.5 Å². The summed E-state index contributed by atoms with van der Waals surface area (Å²) in [5, 5.41) is 7.91. The Hall–Kier alpha value is -3.92. The molecule has 0 atom stereocenters. The van der Waals surface area contributed by atoms with Gasteiger partial charge in [-0.3, -0.25) is 14.9 Å². The summed E-state index contributed by atoms with van der Waals surface area (Å²) in [7, 11) is 0. The van der Waals surface area contributed by atoms with Crippen molar-refractivity contribution in [3.05, 3.63) is 89.5 Å². The summed E-state index contributed by atoms with van der Waals surface area (Å²) in [6, 6.07) is 17.2. The second-order valence-electron chi connectivity index (χ2n) is 7.36. The number of rotatable bonds is 7. The molecule has 3 aromatic rings. The van der Waals surface area contributed by atoms with E-state index in [-0.39, 0.29) is 16.4 Å². The number of anilines is 2. The van der Waals surface area contributed by atoms with Gasteiger partial charge >= 0.3 is 6.18 Å². The van der Waals surface area contributed by atoms with Crippen molar-refractivity contribution < 1.29 is 27.5 Å². The molecule has 3 aromatic carbocycles. The first-order valence-electron chi connectivity index (χ1n) is 10.6. The minimum atomic E-state index is -4.51. The van der Waals surface area contributed by atoms with Crippen LogP contribution in [-0.2, 0) is 6.18 Å². The molecule has 0 heterocycles. The fourth-order valence-corrected chi connectivity index (χ4v) is 3.22. The van der Waals surface area contributed by atoms with Gasteiger partial charge in [-0.15, -0.1) is 0 Å². The smallest absolute Gasteiger partial charge is 0.416 e. The van der Waals surface area contributed by atoms with Crippen LogP contribution in [0.1, 0.15) is 39.6 Å². The topological polar surface area (TPSA) is 79.5 Å². The number of nitrogens with one attached hydrogen (secondary N) is 3. The Labute approximate surface area is 205 Å². The zero-order valence-electron chi connectivity index (χ0n) is 18.6. The van der Waals surface area contributed by atoms with Crippen molar-refractivity contribution in [2.24, 2.45) is 0 Å². The molecule has 0 spiro atoms. The summed E-state index contributed by atoms with van der Waals surface area (Å²) in [6.45, 7) is 2.43. The van der Waals surface area contributed by atoms with E-state index in [1.54, 1.807) is 36.4 Å². The SMILES string of the molecule is CCCOc1ccccc1C(=O)NC(=S)Nc1ccc(C(=O)Nc2cccc(C(F)(F)F)c2)cc1. The predicted octanol–water partition coefficient (Wildman–Crippen LogP) is 5.87. The molecule has 0 saturated carbocycles. The summed E-state index contributed by atoms with van der Waals surface area (Å²) in [4.78, 5) is 25.0. The van der Waals surface area contributed by atoms with Gasteiger partial charge in [0.05, 0.1) is 17.7 Å². The Bertz CT molecular complexity index is 1210. The first-order chi connectivity index (χ1) is 16.7. The molecule has 10 heteroatoms. The molecule has 2 amide bonds. The lowest BCUT2D eigenvalue weighted by Crippen LogP contribution is -2.34. The maximum Gasteiger partial charge on any atom is 0.416 e. The number of thiocarbonyl (C=S) groups is 1. The van der Waals surface area contributed by atoms with E-state index >= 15 is 0 Å². The van der Waals surface area contributed by atoms with Crippen molar-refractivity contribution in [2.75, 3.05) is 17.2 Å². The van der Waals surface area contributed by atoms with Crippen LogP contribution in [0.15, 0.2) is 72.8 Å². The standard InChI is InChI=1S/C25H22F3N3O3S/c1-2-14-34-21-9-4-3-8-20(21)23(33)31-24(35)30-18-12-10-16(11-13-18)22(32)29-19-7-5-6-17(15-19)25(26,27)28/h3-13,15H,2,14H2,1H3,(H,29,32)(H2,30,31,33,35). The lowest BCUT2D eigenvalue weighted by atomic mass is 10.1. The van der Waals surface area contributed by atoms with E-state index in [0.29, 0.717) is 23.6 Å². The second-order valence-corrected chi connectivity index (χ2v) is 7.77. The highest BCUT2D eigenvalue weighted by molar-refractivity contribution is 7.80. The van der Waals surface area contributed by atoms with Crippen LogP contribution in [-0.4, -0.2) is 23.5 Å². The largest absolute Gasteiger partial charge is 0.493 e. The van der Waals surface area contributed by atoms with E-state index in [1.807, 2.05) is 6.92 Å². The van der Waals surface area contributed by atoms with Crippen molar-refractivity contribution in [3.8, 4) is 5.75 Å². The van der Waals surface area contributed by atoms with Crippen LogP contribution in [0.25, 0.3) is 0 Å². The van der Waals surface area contributed by atoms with Gasteiger partial charge in [0.1, 0.15) is 5.75 Å². The van der Waals surface area contributed by atoms with Gasteiger partial charge in [-0.25, -0.2) is 0 Å². The van der Waals surface area contributed by atoms with Crippen molar-refractivity contribution in [3.63, 3.8) is 0 Å². The Morgan fingerprint density at radius 1 is 0.886 bits per heavy atom. The number of benzene rings is 3. The number of hydrogen-bond acceptors (Lipinski definition) is 4. The van der Waals surface area contributed by atoms with Crippen LogP contribution in [0.2, 0.25) is 0 Å². The maximum absolute atomic E-state index is 12.9. The van der Waals surface area contributed by atoms with E-state index in [1.165, 1.54) is 24.3 Å². The predicted molar refractivity (Wildman–Crippen MR) is 132 cm³/mol. The molecule has 3 N–H and O–H groups in total. The molecule has 3 rings (SSSR count). The highest BCUT2D eigenvalue weighted by Crippen LogP contribution is 2.30. The molecule has 0 aliphatic carbocycles. The Morgan fingerprint density at radius 2 is 1.60 bits per heavy atom. The minimum Gasteiger partial charge on any atom is -0.493 e. The van der Waals surface area contributed by atoms with E-state index in [0.717, 1.165) is 18.6 Å². The summed E-state index contributed by atoms with van der Waals surface area (Å²) >= 11 is 5.20. The van der Waals surface area contributed by atoms with Gasteiger partial charge in [0.2, 0.25) is 0 Å². The van der Waals surface area contributed by atoms with Gasteiger partial charge in [-0.2, -0.15) is 13.2 Å². The molecule has 0 unspecified atom stereocenters. The molecule has 0 bridgehead atoms. The van der Waals surface area contributed by atoms with E-state index < -0.39 is 23.6 Å². The average Bonchev–Trinajstić information content (AvgIpc) is 2.83. The van der Waals surface area contributed by atoms with Crippen LogP contribution in [0, 0.1) is 0 Å². The van der Waals surface area contributed by atoms with Crippen LogP contribution in [0.5, 0.6) is 5.75 Å². The fourth-order valence-electron chi connectivity index (χ4n) is 3.01. The zero-order chi connectivity index (χ0) is 25.4. The highest BCUT2D eigenvalue weighted by atomic mass is 32.1. The number of amides is 2. The molecule has 0 saturated heterocycles. The molecule has 0 aromatic heterocycles. The van der Waals surface area contributed by atoms with Crippen LogP contribution < -0.4 is 20.7 Å². The van der Waals surface area contributed by atoms with Crippen molar-refractivity contribution in [1.29, 1.82) is 0 Å². The van der Waals surface area contributed by atoms with Gasteiger partial charge in [0, 0.05) is 16.9 Å². The summed E-state index contributed by atoms with van der Waals surface area (Å²) in [6.07, 6.45) is -3.71. The zero-order valence-corrected chi connectivity index (χ0v) is 19.4. The normalized spacial score (nSPS) is 10.9. The molecular weight excluding hydrogens is 479 g/mol. The quantitative estimate of drug-likeness (QED) is 0.353. The molecule has 0 aliphatic rings. The average molecular weight is 502 g/mol. The Balaban J connectivity index is 1.59. The van der Waals surface area contributed by atoms with Crippen molar-refractivity contribution in [2.45, 2.75) is 19.5 Å². The number of carbonyl (C=O) groups is 2. The lowest BCUT2D eigenvalue weighted by Gasteiger charge is -2.13. The Kier molecular flexibility index (Phi) is 8.43. The summed E-state index contributed by atoms with van der Waals surface area (Å²) < 4.78 is 44.2. The summed E-state index contributed by atoms with van der Waals surface area (Å²) in [5.41, 5.74) is 0.238. The van der Waals surface area contributed by atoms with Gasteiger partial charge < -0.3 is 15.4 Å². The molecule has 182 valence electrons. The maximum atomic E-state index is 12.9. The molecule has 0 radical (unpaired) electrons. The first kappa shape index (κ1) is 25.7. The number of hydrogen-bond donors (Lipinski definition) is 3. The van der Waals surface area contributed by atoms with Crippen molar-refractivity contribution in [1.82, 2.24) is 5.32 Å². The minimum absolute atomic E-state index is 0.0270. The monoisotopic (exact) mass is 501 g/mol. The fraction of sp³-hybridized carbons (Fsp3) is 0.160. The summed E-state index contributed by atoms with van der Waals surface area (Å²) in [5.74, 6) is -0.562. The molecule has 0 fully saturated rings. The van der Waals surface area contributed by atoms with Crippen LogP contribution >= 0.6 is 12.2 Å². The highest BCUT2D eigenvalue weighted by Gasteiger charge is 2.30. The molecule has 6 nitrogen and oxygen atoms in total. The lowest BCUT2D eigenvalue weighted by molar-refractivity contribution is -0.137. The number of para-hydroxylation sites is 1. The van der Waals surface area contributed by atoms with Gasteiger partial charge in [-0.1, -0.05) is 25.1 Å². The third-order valence-electron chi connectivity index (χ3n) is 4.67. The number of ether oxygens (including phenoxy) is 1. The first-order valence-corrected chi connectivity index (χ1v) is 11.0. The van der Waals surface area contributed by atoms with E-state index in [4.69, 9.17) is 17.0 Å². The van der Waals surface area contributed by atoms with Crippen LogP contribution in [0.3, 0.4) is 0 Å². The molecule has 0 aliphatic heterocycles. The Morgan fingerprint density at radius 3 is 2.29 bits per heavy atom. The van der Waals surface area contributed by atoms with Crippen LogP contribution in [0.4, 0.5) is 24.5 Å². The van der Waals surface area contributed by atoms with E-state index in [9.17, 15) is 22.8 Å². The second kappa shape index (κ2) is 11.5. The number of halogens is 3. The molecular formula is C25H22F3N3O3S. The van der Waals surface area contributed by atoms with Gasteiger partial charge in [-0.05, 0) is 73.2 Å².